The second-order valence-electron chi connectivity index (χ2n) is 4.79. The lowest BCUT2D eigenvalue weighted by Crippen LogP contribution is -2.32. The number of hydrogen-bond acceptors (Lipinski definition) is 1. The van der Waals surface area contributed by atoms with Gasteiger partial charge in [0.15, 0.2) is 0 Å². The molecule has 14 heavy (non-hydrogen) atoms. The van der Waals surface area contributed by atoms with Crippen LogP contribution in [0, 0.1) is 5.92 Å². The van der Waals surface area contributed by atoms with E-state index in [2.05, 4.69) is 39.5 Å². The first-order valence-corrected chi connectivity index (χ1v) is 6.35. The van der Waals surface area contributed by atoms with Gasteiger partial charge in [0.1, 0.15) is 0 Å². The lowest BCUT2D eigenvalue weighted by molar-refractivity contribution is 0.213. The Labute approximate surface area is 90.9 Å². The van der Waals surface area contributed by atoms with Crippen molar-refractivity contribution in [3.63, 3.8) is 0 Å². The van der Waals surface area contributed by atoms with E-state index in [0.717, 1.165) is 5.92 Å². The van der Waals surface area contributed by atoms with E-state index >= 15 is 0 Å². The van der Waals surface area contributed by atoms with Crippen LogP contribution in [0.5, 0.6) is 0 Å². The molecule has 0 rings (SSSR count). The molecule has 0 aromatic rings. The Morgan fingerprint density at radius 1 is 1.00 bits per heavy atom. The van der Waals surface area contributed by atoms with Gasteiger partial charge in [-0.3, -0.25) is 0 Å². The molecule has 0 saturated carbocycles. The van der Waals surface area contributed by atoms with Crippen LogP contribution in [-0.2, 0) is 0 Å². The third kappa shape index (κ3) is 6.42. The Bertz CT molecular complexity index is 120. The number of nitrogens with zero attached hydrogens (tertiary/aromatic N) is 1. The van der Waals surface area contributed by atoms with Gasteiger partial charge in [-0.15, -0.1) is 0 Å². The van der Waals surface area contributed by atoms with Crippen LogP contribution in [0.1, 0.15) is 60.3 Å². The molecule has 0 bridgehead atoms. The van der Waals surface area contributed by atoms with Crippen molar-refractivity contribution in [2.45, 2.75) is 66.3 Å². The lowest BCUT2D eigenvalue weighted by Gasteiger charge is -2.26. The van der Waals surface area contributed by atoms with Gasteiger partial charge in [-0.1, -0.05) is 27.2 Å². The predicted octanol–water partition coefficient (Wildman–Crippen LogP) is 3.93. The summed E-state index contributed by atoms with van der Waals surface area (Å²) in [5.41, 5.74) is 0. The largest absolute Gasteiger partial charge is 0.301 e. The number of hydrogen-bond donors (Lipinski definition) is 0. The maximum absolute atomic E-state index is 2.60. The van der Waals surface area contributed by atoms with E-state index in [1.54, 1.807) is 0 Å². The Hall–Kier alpha value is -0.0400. The summed E-state index contributed by atoms with van der Waals surface area (Å²) in [6.45, 7) is 14.1. The molecule has 0 radical (unpaired) electrons. The monoisotopic (exact) mass is 199 g/mol. The zero-order valence-electron chi connectivity index (χ0n) is 10.8. The third-order valence-corrected chi connectivity index (χ3v) is 3.08. The minimum absolute atomic E-state index is 0.715. The summed E-state index contributed by atoms with van der Waals surface area (Å²) in [6.07, 6.45) is 5.37. The number of rotatable bonds is 8. The summed E-state index contributed by atoms with van der Waals surface area (Å²) in [5.74, 6) is 0.908. The van der Waals surface area contributed by atoms with Crippen molar-refractivity contribution >= 4 is 0 Å². The summed E-state index contributed by atoms with van der Waals surface area (Å²) in [6, 6.07) is 0.715. The SMILES string of the molecule is CCCN(CCC[C@H](C)CC)C(C)C. The van der Waals surface area contributed by atoms with Gasteiger partial charge < -0.3 is 4.90 Å². The summed E-state index contributed by atoms with van der Waals surface area (Å²) >= 11 is 0. The van der Waals surface area contributed by atoms with Gasteiger partial charge >= 0.3 is 0 Å². The highest BCUT2D eigenvalue weighted by atomic mass is 15.1. The summed E-state index contributed by atoms with van der Waals surface area (Å²) in [5, 5.41) is 0. The highest BCUT2D eigenvalue weighted by Gasteiger charge is 2.08. The van der Waals surface area contributed by atoms with E-state index in [4.69, 9.17) is 0 Å². The van der Waals surface area contributed by atoms with Crippen molar-refractivity contribution in [2.24, 2.45) is 5.92 Å². The highest BCUT2D eigenvalue weighted by Crippen LogP contribution is 2.11. The molecule has 0 aromatic carbocycles. The molecule has 0 spiro atoms. The average Bonchev–Trinajstić information content (AvgIpc) is 2.16. The molecular formula is C13H29N. The second kappa shape index (κ2) is 8.28. The van der Waals surface area contributed by atoms with E-state index in [0.29, 0.717) is 6.04 Å². The quantitative estimate of drug-likeness (QED) is 0.572. The fourth-order valence-electron chi connectivity index (χ4n) is 1.76. The van der Waals surface area contributed by atoms with Crippen molar-refractivity contribution in [1.29, 1.82) is 0 Å². The van der Waals surface area contributed by atoms with Crippen molar-refractivity contribution in [1.82, 2.24) is 4.90 Å². The van der Waals surface area contributed by atoms with Gasteiger partial charge in [-0.25, -0.2) is 0 Å². The maximum Gasteiger partial charge on any atom is 0.00385 e. The Balaban J connectivity index is 3.60. The van der Waals surface area contributed by atoms with Crippen LogP contribution < -0.4 is 0 Å². The molecule has 0 aromatic heterocycles. The van der Waals surface area contributed by atoms with Crippen molar-refractivity contribution in [3.8, 4) is 0 Å². The molecule has 0 heterocycles. The normalized spacial score (nSPS) is 13.9. The van der Waals surface area contributed by atoms with Crippen molar-refractivity contribution in [2.75, 3.05) is 13.1 Å². The zero-order valence-corrected chi connectivity index (χ0v) is 10.8. The average molecular weight is 199 g/mol. The summed E-state index contributed by atoms with van der Waals surface area (Å²) in [4.78, 5) is 2.60. The molecule has 0 N–H and O–H groups in total. The van der Waals surface area contributed by atoms with Crippen molar-refractivity contribution in [3.05, 3.63) is 0 Å². The fourth-order valence-corrected chi connectivity index (χ4v) is 1.76. The summed E-state index contributed by atoms with van der Waals surface area (Å²) < 4.78 is 0. The fraction of sp³-hybridized carbons (Fsp3) is 1.00. The zero-order chi connectivity index (χ0) is 11.0. The molecule has 1 heteroatoms. The van der Waals surface area contributed by atoms with E-state index in [1.165, 1.54) is 38.8 Å². The highest BCUT2D eigenvalue weighted by molar-refractivity contribution is 4.63. The van der Waals surface area contributed by atoms with Crippen LogP contribution in [-0.4, -0.2) is 24.0 Å². The van der Waals surface area contributed by atoms with Gasteiger partial charge in [-0.05, 0) is 52.1 Å². The molecule has 1 atom stereocenters. The molecule has 0 aliphatic rings. The predicted molar refractivity (Wildman–Crippen MR) is 65.7 cm³/mol. The van der Waals surface area contributed by atoms with Gasteiger partial charge in [0.2, 0.25) is 0 Å². The van der Waals surface area contributed by atoms with Gasteiger partial charge in [0.25, 0.3) is 0 Å². The molecule has 0 aliphatic heterocycles. The first kappa shape index (κ1) is 14.0. The van der Waals surface area contributed by atoms with Crippen LogP contribution in [0.3, 0.4) is 0 Å². The Morgan fingerprint density at radius 2 is 1.64 bits per heavy atom. The standard InChI is InChI=1S/C13H29N/c1-6-10-14(12(3)4)11-8-9-13(5)7-2/h12-13H,6-11H2,1-5H3/t13-/m1/s1. The smallest absolute Gasteiger partial charge is 0.00385 e. The third-order valence-electron chi connectivity index (χ3n) is 3.08. The molecule has 0 saturated heterocycles. The molecule has 0 aliphatic carbocycles. The van der Waals surface area contributed by atoms with E-state index < -0.39 is 0 Å². The minimum Gasteiger partial charge on any atom is -0.301 e. The summed E-state index contributed by atoms with van der Waals surface area (Å²) in [7, 11) is 0. The van der Waals surface area contributed by atoms with Crippen LogP contribution in [0.2, 0.25) is 0 Å². The molecule has 0 unspecified atom stereocenters. The molecule has 1 nitrogen and oxygen atoms in total. The maximum atomic E-state index is 2.60. The second-order valence-corrected chi connectivity index (χ2v) is 4.79. The van der Waals surface area contributed by atoms with Gasteiger partial charge in [-0.2, -0.15) is 0 Å². The van der Waals surface area contributed by atoms with E-state index in [1.807, 2.05) is 0 Å². The first-order valence-electron chi connectivity index (χ1n) is 6.35. The van der Waals surface area contributed by atoms with Crippen LogP contribution in [0.25, 0.3) is 0 Å². The van der Waals surface area contributed by atoms with Crippen LogP contribution in [0.15, 0.2) is 0 Å². The topological polar surface area (TPSA) is 3.24 Å². The molecule has 0 fully saturated rings. The van der Waals surface area contributed by atoms with Crippen LogP contribution >= 0.6 is 0 Å². The van der Waals surface area contributed by atoms with Crippen LogP contribution in [0.4, 0.5) is 0 Å². The Morgan fingerprint density at radius 3 is 2.07 bits per heavy atom. The first-order chi connectivity index (χ1) is 6.61. The Kier molecular flexibility index (Phi) is 8.26. The van der Waals surface area contributed by atoms with Gasteiger partial charge in [0.05, 0.1) is 0 Å². The molecule has 86 valence electrons. The minimum atomic E-state index is 0.715. The van der Waals surface area contributed by atoms with Gasteiger partial charge in [0, 0.05) is 6.04 Å². The molecular weight excluding hydrogens is 170 g/mol. The lowest BCUT2D eigenvalue weighted by atomic mass is 10.0. The van der Waals surface area contributed by atoms with Crippen molar-refractivity contribution < 1.29 is 0 Å². The molecule has 0 amide bonds. The van der Waals surface area contributed by atoms with E-state index in [-0.39, 0.29) is 0 Å². The van der Waals surface area contributed by atoms with E-state index in [9.17, 15) is 0 Å².